The summed E-state index contributed by atoms with van der Waals surface area (Å²) in [6.07, 6.45) is 3.52. The molecular formula is C14H19N4OP. The van der Waals surface area contributed by atoms with Crippen LogP contribution in [0.4, 0.5) is 11.6 Å². The minimum atomic E-state index is -2.40. The third-order valence-corrected chi connectivity index (χ3v) is 4.53. The van der Waals surface area contributed by atoms with Gasteiger partial charge in [0, 0.05) is 43.0 Å². The van der Waals surface area contributed by atoms with Crippen LogP contribution in [0.15, 0.2) is 30.6 Å². The van der Waals surface area contributed by atoms with Gasteiger partial charge in [0.25, 0.3) is 0 Å². The summed E-state index contributed by atoms with van der Waals surface area (Å²) in [7, 11) is 1.38. The molecule has 0 saturated heterocycles. The molecule has 0 fully saturated rings. The normalized spacial score (nSPS) is 11.4. The Morgan fingerprint density at radius 1 is 1.10 bits per heavy atom. The van der Waals surface area contributed by atoms with Crippen molar-refractivity contribution < 1.29 is 4.57 Å². The summed E-state index contributed by atoms with van der Waals surface area (Å²) >= 11 is 0. The quantitative estimate of drug-likeness (QED) is 0.692. The molecule has 0 bridgehead atoms. The molecule has 0 radical (unpaired) electrons. The van der Waals surface area contributed by atoms with E-state index < -0.39 is 7.14 Å². The van der Waals surface area contributed by atoms with Crippen LogP contribution in [0.25, 0.3) is 11.1 Å². The Balaban J connectivity index is 2.46. The van der Waals surface area contributed by atoms with Gasteiger partial charge in [0.05, 0.1) is 0 Å². The van der Waals surface area contributed by atoms with E-state index in [-0.39, 0.29) is 0 Å². The summed E-state index contributed by atoms with van der Waals surface area (Å²) in [5.41, 5.74) is 8.27. The van der Waals surface area contributed by atoms with Gasteiger partial charge in [-0.05, 0) is 31.0 Å². The molecule has 20 heavy (non-hydrogen) atoms. The molecule has 1 aromatic heterocycles. The third kappa shape index (κ3) is 2.99. The summed E-state index contributed by atoms with van der Waals surface area (Å²) in [5, 5.41) is 0.701. The van der Waals surface area contributed by atoms with Crippen LogP contribution in [0.1, 0.15) is 0 Å². The van der Waals surface area contributed by atoms with Gasteiger partial charge < -0.3 is 15.2 Å². The first-order valence-electron chi connectivity index (χ1n) is 6.24. The van der Waals surface area contributed by atoms with Gasteiger partial charge in [-0.1, -0.05) is 6.07 Å². The van der Waals surface area contributed by atoms with E-state index in [9.17, 15) is 4.57 Å². The summed E-state index contributed by atoms with van der Waals surface area (Å²) in [6.45, 7) is 3.43. The zero-order valence-electron chi connectivity index (χ0n) is 12.2. The molecule has 0 aliphatic heterocycles. The van der Waals surface area contributed by atoms with Gasteiger partial charge in [0.15, 0.2) is 0 Å². The Kier molecular flexibility index (Phi) is 3.82. The monoisotopic (exact) mass is 290 g/mol. The van der Waals surface area contributed by atoms with E-state index >= 15 is 0 Å². The van der Waals surface area contributed by atoms with Crippen molar-refractivity contribution in [2.75, 3.05) is 38.1 Å². The predicted octanol–water partition coefficient (Wildman–Crippen LogP) is 2.04. The molecule has 2 rings (SSSR count). The molecule has 2 N–H and O–H groups in total. The Morgan fingerprint density at radius 3 is 2.20 bits per heavy atom. The minimum absolute atomic E-state index is 0.563. The van der Waals surface area contributed by atoms with E-state index in [1.807, 2.05) is 31.1 Å². The van der Waals surface area contributed by atoms with Crippen LogP contribution in [-0.4, -0.2) is 37.4 Å². The van der Waals surface area contributed by atoms with Gasteiger partial charge in [0.1, 0.15) is 7.14 Å². The first-order valence-corrected chi connectivity index (χ1v) is 8.84. The maximum absolute atomic E-state index is 12.2. The second-order valence-corrected chi connectivity index (χ2v) is 8.47. The minimum Gasteiger partial charge on any atom is -0.398 e. The number of anilines is 2. The maximum Gasteiger partial charge on any atom is 0.224 e. The fourth-order valence-electron chi connectivity index (χ4n) is 1.89. The molecule has 0 amide bonds. The van der Waals surface area contributed by atoms with Crippen molar-refractivity contribution in [3.63, 3.8) is 0 Å². The number of hydrogen-bond acceptors (Lipinski definition) is 5. The molecular weight excluding hydrogens is 271 g/mol. The van der Waals surface area contributed by atoms with Crippen LogP contribution in [0.3, 0.4) is 0 Å². The average Bonchev–Trinajstić information content (AvgIpc) is 2.38. The van der Waals surface area contributed by atoms with E-state index in [0.29, 0.717) is 16.9 Å². The van der Waals surface area contributed by atoms with Crippen LogP contribution >= 0.6 is 7.14 Å². The van der Waals surface area contributed by atoms with E-state index in [2.05, 4.69) is 9.97 Å². The summed E-state index contributed by atoms with van der Waals surface area (Å²) in [5.74, 6) is 0.654. The number of rotatable bonds is 3. The smallest absolute Gasteiger partial charge is 0.224 e. The maximum atomic E-state index is 12.2. The van der Waals surface area contributed by atoms with E-state index in [4.69, 9.17) is 5.73 Å². The number of aromatic nitrogens is 2. The number of nitrogen functional groups attached to an aromatic ring is 1. The lowest BCUT2D eigenvalue weighted by atomic mass is 10.1. The molecule has 0 aliphatic carbocycles. The molecule has 0 saturated carbocycles. The Morgan fingerprint density at radius 2 is 1.70 bits per heavy atom. The zero-order valence-corrected chi connectivity index (χ0v) is 13.1. The van der Waals surface area contributed by atoms with E-state index in [0.717, 1.165) is 11.1 Å². The van der Waals surface area contributed by atoms with Crippen LogP contribution in [0.5, 0.6) is 0 Å². The van der Waals surface area contributed by atoms with E-state index in [1.165, 1.54) is 0 Å². The standard InChI is InChI=1S/C14H19N4OP/c1-18(2)14-16-8-11(9-17-14)10-5-6-12(15)13(7-10)20(3,4)19/h5-9H,15H2,1-4H3. The third-order valence-electron chi connectivity index (χ3n) is 2.98. The zero-order chi connectivity index (χ0) is 14.9. The lowest BCUT2D eigenvalue weighted by molar-refractivity contribution is 0.588. The summed E-state index contributed by atoms with van der Waals surface area (Å²) in [6, 6.07) is 5.54. The number of hydrogen-bond donors (Lipinski definition) is 1. The first-order chi connectivity index (χ1) is 9.29. The molecule has 0 spiro atoms. The highest BCUT2D eigenvalue weighted by atomic mass is 31.2. The highest BCUT2D eigenvalue weighted by Gasteiger charge is 2.16. The Labute approximate surface area is 119 Å². The largest absolute Gasteiger partial charge is 0.398 e. The number of nitrogens with zero attached hydrogens (tertiary/aromatic N) is 3. The Bertz CT molecular complexity index is 661. The van der Waals surface area contributed by atoms with Crippen LogP contribution < -0.4 is 15.9 Å². The van der Waals surface area contributed by atoms with E-state index in [1.54, 1.807) is 31.8 Å². The van der Waals surface area contributed by atoms with Crippen molar-refractivity contribution in [1.82, 2.24) is 9.97 Å². The molecule has 2 aromatic rings. The van der Waals surface area contributed by atoms with Gasteiger partial charge >= 0.3 is 0 Å². The molecule has 6 heteroatoms. The van der Waals surface area contributed by atoms with Gasteiger partial charge in [0.2, 0.25) is 5.95 Å². The van der Waals surface area contributed by atoms with Gasteiger partial charge in [-0.2, -0.15) is 0 Å². The van der Waals surface area contributed by atoms with Gasteiger partial charge in [-0.15, -0.1) is 0 Å². The topological polar surface area (TPSA) is 72.1 Å². The van der Waals surface area contributed by atoms with Crippen molar-refractivity contribution >= 4 is 24.1 Å². The molecule has 0 unspecified atom stereocenters. The average molecular weight is 290 g/mol. The molecule has 1 aromatic carbocycles. The SMILES string of the molecule is CN(C)c1ncc(-c2ccc(N)c(P(C)(C)=O)c2)cn1. The van der Waals surface area contributed by atoms with Crippen molar-refractivity contribution in [2.45, 2.75) is 0 Å². The highest BCUT2D eigenvalue weighted by Crippen LogP contribution is 2.38. The molecule has 0 atom stereocenters. The lowest BCUT2D eigenvalue weighted by Crippen LogP contribution is -2.12. The van der Waals surface area contributed by atoms with Crippen molar-refractivity contribution in [3.8, 4) is 11.1 Å². The van der Waals surface area contributed by atoms with Crippen LogP contribution in [0, 0.1) is 0 Å². The Hall–Kier alpha value is -1.87. The van der Waals surface area contributed by atoms with Crippen LogP contribution in [0.2, 0.25) is 0 Å². The summed E-state index contributed by atoms with van der Waals surface area (Å²) in [4.78, 5) is 10.4. The molecule has 5 nitrogen and oxygen atoms in total. The predicted molar refractivity (Wildman–Crippen MR) is 85.3 cm³/mol. The number of benzene rings is 1. The van der Waals surface area contributed by atoms with Crippen LogP contribution in [-0.2, 0) is 4.57 Å². The van der Waals surface area contributed by atoms with Gasteiger partial charge in [-0.3, -0.25) is 0 Å². The fourth-order valence-corrected chi connectivity index (χ4v) is 3.04. The second-order valence-electron chi connectivity index (χ2n) is 5.29. The fraction of sp³-hybridized carbons (Fsp3) is 0.286. The number of nitrogens with two attached hydrogens (primary N) is 1. The second kappa shape index (κ2) is 5.25. The molecule has 0 aliphatic rings. The molecule has 106 valence electrons. The lowest BCUT2D eigenvalue weighted by Gasteiger charge is -2.13. The molecule has 1 heterocycles. The van der Waals surface area contributed by atoms with Crippen molar-refractivity contribution in [3.05, 3.63) is 30.6 Å². The summed E-state index contributed by atoms with van der Waals surface area (Å²) < 4.78 is 12.2. The van der Waals surface area contributed by atoms with Crippen molar-refractivity contribution in [1.29, 1.82) is 0 Å². The van der Waals surface area contributed by atoms with Crippen molar-refractivity contribution in [2.24, 2.45) is 0 Å². The van der Waals surface area contributed by atoms with Gasteiger partial charge in [-0.25, -0.2) is 9.97 Å². The first kappa shape index (κ1) is 14.5. The highest BCUT2D eigenvalue weighted by molar-refractivity contribution is 7.70.